The molecular formula is C25H28N4O3. The Kier molecular flexibility index (Phi) is 4.07. The van der Waals surface area contributed by atoms with Gasteiger partial charge in [0, 0.05) is 41.1 Å². The number of nitrogens with one attached hydrogen (secondary N) is 1. The first kappa shape index (κ1) is 18.9. The summed E-state index contributed by atoms with van der Waals surface area (Å²) in [4.78, 5) is 4.70. The minimum Gasteiger partial charge on any atom is -0.384 e. The molecule has 2 bridgehead atoms. The van der Waals surface area contributed by atoms with E-state index in [4.69, 9.17) is 18.8 Å². The fourth-order valence-electron chi connectivity index (χ4n) is 5.26. The normalized spacial score (nSPS) is 29.4. The highest BCUT2D eigenvalue weighted by Crippen LogP contribution is 2.53. The van der Waals surface area contributed by atoms with Crippen LogP contribution < -0.4 is 5.32 Å². The van der Waals surface area contributed by atoms with Gasteiger partial charge in [0.1, 0.15) is 17.1 Å². The van der Waals surface area contributed by atoms with Crippen molar-refractivity contribution in [2.24, 2.45) is 5.41 Å². The van der Waals surface area contributed by atoms with Crippen molar-refractivity contribution >= 4 is 5.69 Å². The van der Waals surface area contributed by atoms with Gasteiger partial charge in [-0.2, -0.15) is 4.98 Å². The first-order chi connectivity index (χ1) is 15.7. The summed E-state index contributed by atoms with van der Waals surface area (Å²) in [6.07, 6.45) is 8.91. The van der Waals surface area contributed by atoms with Gasteiger partial charge in [0.25, 0.3) is 5.89 Å². The molecule has 1 aromatic carbocycles. The molecular weight excluding hydrogens is 404 g/mol. The lowest BCUT2D eigenvalue weighted by Crippen LogP contribution is -2.52. The van der Waals surface area contributed by atoms with Crippen LogP contribution in [0.3, 0.4) is 0 Å². The molecule has 1 N–H and O–H groups in total. The standard InChI is InChI=1S/C25H28N4O3/c1-2-18(20-13-21(31-28-20)16-4-5-16)12-19(3-1)26-14-24-8-10-25(11-9-24,30-15-24)23-27-22(29-32-23)17-6-7-17/h1-3,12-13,16-17,26H,4-11,14-15H2. The zero-order valence-corrected chi connectivity index (χ0v) is 18.2. The molecule has 3 aliphatic carbocycles. The van der Waals surface area contributed by atoms with Crippen LogP contribution in [0.2, 0.25) is 0 Å². The van der Waals surface area contributed by atoms with Gasteiger partial charge in [-0.05, 0) is 63.5 Å². The molecule has 7 heteroatoms. The average molecular weight is 433 g/mol. The number of rotatable bonds is 7. The molecule has 3 saturated carbocycles. The summed E-state index contributed by atoms with van der Waals surface area (Å²) in [5.41, 5.74) is 2.91. The summed E-state index contributed by atoms with van der Waals surface area (Å²) < 4.78 is 17.6. The number of hydrogen-bond donors (Lipinski definition) is 1. The quantitative estimate of drug-likeness (QED) is 0.536. The van der Waals surface area contributed by atoms with E-state index in [9.17, 15) is 0 Å². The van der Waals surface area contributed by atoms with Gasteiger partial charge in [-0.1, -0.05) is 22.4 Å². The van der Waals surface area contributed by atoms with E-state index in [0.717, 1.165) is 67.4 Å². The van der Waals surface area contributed by atoms with Gasteiger partial charge in [0.2, 0.25) is 0 Å². The van der Waals surface area contributed by atoms with Crippen LogP contribution in [0.1, 0.15) is 80.7 Å². The number of hydrogen-bond acceptors (Lipinski definition) is 7. The molecule has 5 fully saturated rings. The number of fused-ring (bicyclic) bond motifs is 3. The maximum atomic E-state index is 6.42. The van der Waals surface area contributed by atoms with Crippen LogP contribution in [0.25, 0.3) is 11.3 Å². The maximum absolute atomic E-state index is 6.42. The predicted octanol–water partition coefficient (Wildman–Crippen LogP) is 5.38. The van der Waals surface area contributed by atoms with E-state index < -0.39 is 0 Å². The van der Waals surface area contributed by atoms with Crippen molar-refractivity contribution in [3.8, 4) is 11.3 Å². The van der Waals surface area contributed by atoms with Crippen LogP contribution >= 0.6 is 0 Å². The highest BCUT2D eigenvalue weighted by atomic mass is 16.5. The third-order valence-electron chi connectivity index (χ3n) is 7.88. The Morgan fingerprint density at radius 1 is 0.938 bits per heavy atom. The summed E-state index contributed by atoms with van der Waals surface area (Å²) >= 11 is 0. The van der Waals surface area contributed by atoms with Crippen molar-refractivity contribution in [2.45, 2.75) is 68.8 Å². The molecule has 2 saturated heterocycles. The number of aromatic nitrogens is 3. The van der Waals surface area contributed by atoms with Crippen LogP contribution in [0, 0.1) is 5.41 Å². The highest BCUT2D eigenvalue weighted by molar-refractivity contribution is 5.65. The third kappa shape index (κ3) is 3.25. The molecule has 2 aromatic heterocycles. The van der Waals surface area contributed by atoms with Gasteiger partial charge in [-0.3, -0.25) is 0 Å². The van der Waals surface area contributed by atoms with E-state index in [2.05, 4.69) is 46.0 Å². The lowest BCUT2D eigenvalue weighted by molar-refractivity contribution is -0.196. The molecule has 4 heterocycles. The van der Waals surface area contributed by atoms with Crippen molar-refractivity contribution in [2.75, 3.05) is 18.5 Å². The Bertz CT molecular complexity index is 1120. The van der Waals surface area contributed by atoms with Crippen LogP contribution in [0.5, 0.6) is 0 Å². The highest BCUT2D eigenvalue weighted by Gasteiger charge is 2.53. The molecule has 5 aliphatic rings. The SMILES string of the molecule is c1cc(NCC23CCC(c4nc(C5CC5)no4)(CC2)OC3)cc(-c2cc(C3CC3)on2)c1. The summed E-state index contributed by atoms with van der Waals surface area (Å²) in [7, 11) is 0. The second-order valence-electron chi connectivity index (χ2n) is 10.3. The first-order valence-corrected chi connectivity index (χ1v) is 12.0. The molecule has 32 heavy (non-hydrogen) atoms. The summed E-state index contributed by atoms with van der Waals surface area (Å²) in [6.45, 7) is 1.63. The van der Waals surface area contributed by atoms with Crippen molar-refractivity contribution in [3.63, 3.8) is 0 Å². The third-order valence-corrected chi connectivity index (χ3v) is 7.88. The minimum atomic E-state index is -0.367. The molecule has 7 nitrogen and oxygen atoms in total. The van der Waals surface area contributed by atoms with Gasteiger partial charge < -0.3 is 19.1 Å². The second kappa shape index (κ2) is 6.91. The zero-order chi connectivity index (χ0) is 21.2. The maximum Gasteiger partial charge on any atom is 0.258 e. The summed E-state index contributed by atoms with van der Waals surface area (Å²) in [5.74, 6) is 3.68. The molecule has 166 valence electrons. The van der Waals surface area contributed by atoms with E-state index >= 15 is 0 Å². The number of anilines is 1. The lowest BCUT2D eigenvalue weighted by atomic mass is 9.66. The van der Waals surface area contributed by atoms with Crippen LogP contribution in [0.4, 0.5) is 5.69 Å². The van der Waals surface area contributed by atoms with Crippen LogP contribution in [-0.2, 0) is 10.3 Å². The minimum absolute atomic E-state index is 0.157. The Hall–Kier alpha value is -2.67. The first-order valence-electron chi connectivity index (χ1n) is 12.0. The van der Waals surface area contributed by atoms with Gasteiger partial charge in [-0.25, -0.2) is 0 Å². The van der Waals surface area contributed by atoms with Crippen molar-refractivity contribution in [1.29, 1.82) is 0 Å². The van der Waals surface area contributed by atoms with E-state index in [1.807, 2.05) is 0 Å². The van der Waals surface area contributed by atoms with Crippen molar-refractivity contribution in [3.05, 3.63) is 47.8 Å². The molecule has 2 aliphatic heterocycles. The largest absolute Gasteiger partial charge is 0.384 e. The Morgan fingerprint density at radius 3 is 2.53 bits per heavy atom. The Labute approximate surface area is 186 Å². The Balaban J connectivity index is 1.02. The number of nitrogens with zero attached hydrogens (tertiary/aromatic N) is 3. The van der Waals surface area contributed by atoms with Gasteiger partial charge in [0.05, 0.1) is 6.61 Å². The monoisotopic (exact) mass is 432 g/mol. The van der Waals surface area contributed by atoms with E-state index in [-0.39, 0.29) is 11.0 Å². The lowest BCUT2D eigenvalue weighted by Gasteiger charge is -2.51. The average Bonchev–Trinajstić information content (AvgIpc) is 3.78. The van der Waals surface area contributed by atoms with Gasteiger partial charge in [0.15, 0.2) is 5.82 Å². The topological polar surface area (TPSA) is 86.2 Å². The molecule has 8 rings (SSSR count). The fraction of sp³-hybridized carbons (Fsp3) is 0.560. The van der Waals surface area contributed by atoms with Crippen LogP contribution in [-0.4, -0.2) is 28.4 Å². The Morgan fingerprint density at radius 2 is 1.78 bits per heavy atom. The van der Waals surface area contributed by atoms with E-state index in [0.29, 0.717) is 17.7 Å². The second-order valence-corrected chi connectivity index (χ2v) is 10.3. The van der Waals surface area contributed by atoms with E-state index in [1.54, 1.807) is 0 Å². The molecule has 0 unspecified atom stereocenters. The molecule has 0 spiro atoms. The summed E-state index contributed by atoms with van der Waals surface area (Å²) in [6, 6.07) is 10.6. The molecule has 3 aromatic rings. The summed E-state index contributed by atoms with van der Waals surface area (Å²) in [5, 5.41) is 12.2. The van der Waals surface area contributed by atoms with Crippen molar-refractivity contribution in [1.82, 2.24) is 15.3 Å². The predicted molar refractivity (Wildman–Crippen MR) is 117 cm³/mol. The number of ether oxygens (including phenoxy) is 1. The van der Waals surface area contributed by atoms with Crippen molar-refractivity contribution < 1.29 is 13.8 Å². The number of benzene rings is 1. The zero-order valence-electron chi connectivity index (χ0n) is 18.2. The smallest absolute Gasteiger partial charge is 0.258 e. The van der Waals surface area contributed by atoms with Gasteiger partial charge >= 0.3 is 0 Å². The molecule has 0 amide bonds. The molecule has 0 radical (unpaired) electrons. The van der Waals surface area contributed by atoms with E-state index in [1.165, 1.54) is 25.7 Å². The van der Waals surface area contributed by atoms with Gasteiger partial charge in [-0.15, -0.1) is 0 Å². The fourth-order valence-corrected chi connectivity index (χ4v) is 5.26. The van der Waals surface area contributed by atoms with Crippen LogP contribution in [0.15, 0.2) is 39.4 Å². The molecule has 0 atom stereocenters.